The Hall–Kier alpha value is -2.55. The standard InChI is InChI=1S/C21H25N3O5/c1-13-22-15(6-14-4-3-5-16(7-14)26-2)8-18(23-13)19-9-20(29-24-19)21-12-27-17(10-25)11-28-21/h3-5,7-8,17,20-21,25H,6,9-12H2,1-2H3. The molecule has 4 rings (SSSR count). The van der Waals surface area contributed by atoms with Crippen LogP contribution >= 0.6 is 0 Å². The van der Waals surface area contributed by atoms with Crippen LogP contribution in [0.2, 0.25) is 0 Å². The van der Waals surface area contributed by atoms with Gasteiger partial charge in [-0.2, -0.15) is 0 Å². The van der Waals surface area contributed by atoms with Crippen LogP contribution in [0.15, 0.2) is 35.5 Å². The van der Waals surface area contributed by atoms with E-state index in [1.165, 1.54) is 0 Å². The van der Waals surface area contributed by atoms with Crippen LogP contribution in [0.3, 0.4) is 0 Å². The highest BCUT2D eigenvalue weighted by molar-refractivity contribution is 5.99. The second kappa shape index (κ2) is 8.86. The lowest BCUT2D eigenvalue weighted by Gasteiger charge is -2.30. The summed E-state index contributed by atoms with van der Waals surface area (Å²) in [5.74, 6) is 1.51. The highest BCUT2D eigenvalue weighted by atomic mass is 16.7. The molecule has 0 amide bonds. The zero-order chi connectivity index (χ0) is 20.2. The molecule has 1 N–H and O–H groups in total. The maximum atomic E-state index is 9.14. The summed E-state index contributed by atoms with van der Waals surface area (Å²) in [4.78, 5) is 14.7. The molecule has 0 spiro atoms. The smallest absolute Gasteiger partial charge is 0.161 e. The normalized spacial score (nSPS) is 24.1. The van der Waals surface area contributed by atoms with Gasteiger partial charge in [-0.3, -0.25) is 0 Å². The van der Waals surface area contributed by atoms with E-state index in [1.54, 1.807) is 7.11 Å². The van der Waals surface area contributed by atoms with E-state index >= 15 is 0 Å². The molecule has 2 aliphatic heterocycles. The van der Waals surface area contributed by atoms with Crippen molar-refractivity contribution in [3.8, 4) is 5.75 Å². The second-order valence-corrected chi connectivity index (χ2v) is 7.22. The maximum absolute atomic E-state index is 9.14. The first kappa shape index (κ1) is 19.8. The lowest BCUT2D eigenvalue weighted by Crippen LogP contribution is -2.43. The van der Waals surface area contributed by atoms with Crippen LogP contribution in [-0.4, -0.2) is 66.0 Å². The third-order valence-corrected chi connectivity index (χ3v) is 5.01. The number of benzene rings is 1. The molecular formula is C21H25N3O5. The highest BCUT2D eigenvalue weighted by Crippen LogP contribution is 2.23. The van der Waals surface area contributed by atoms with Gasteiger partial charge in [0.2, 0.25) is 0 Å². The van der Waals surface area contributed by atoms with Crippen LogP contribution in [0.4, 0.5) is 0 Å². The Morgan fingerprint density at radius 3 is 2.79 bits per heavy atom. The molecule has 3 unspecified atom stereocenters. The molecule has 0 saturated carbocycles. The first-order valence-corrected chi connectivity index (χ1v) is 9.69. The van der Waals surface area contributed by atoms with Gasteiger partial charge in [0.1, 0.15) is 29.5 Å². The molecule has 8 heteroatoms. The highest BCUT2D eigenvalue weighted by Gasteiger charge is 2.35. The summed E-state index contributed by atoms with van der Waals surface area (Å²) >= 11 is 0. The summed E-state index contributed by atoms with van der Waals surface area (Å²) < 4.78 is 16.6. The predicted molar refractivity (Wildman–Crippen MR) is 105 cm³/mol. The van der Waals surface area contributed by atoms with Crippen LogP contribution < -0.4 is 4.74 Å². The van der Waals surface area contributed by atoms with Gasteiger partial charge in [0, 0.05) is 18.5 Å². The number of rotatable bonds is 6. The van der Waals surface area contributed by atoms with Crippen LogP contribution in [0, 0.1) is 6.92 Å². The molecular weight excluding hydrogens is 374 g/mol. The van der Waals surface area contributed by atoms with Crippen molar-refractivity contribution in [2.24, 2.45) is 5.16 Å². The zero-order valence-electron chi connectivity index (χ0n) is 16.6. The lowest BCUT2D eigenvalue weighted by molar-refractivity contribution is -0.178. The minimum Gasteiger partial charge on any atom is -0.497 e. The van der Waals surface area contributed by atoms with E-state index in [-0.39, 0.29) is 24.9 Å². The maximum Gasteiger partial charge on any atom is 0.161 e. The van der Waals surface area contributed by atoms with E-state index < -0.39 is 0 Å². The third-order valence-electron chi connectivity index (χ3n) is 5.01. The van der Waals surface area contributed by atoms with Gasteiger partial charge in [0.05, 0.1) is 32.6 Å². The first-order valence-electron chi connectivity index (χ1n) is 9.69. The quantitative estimate of drug-likeness (QED) is 0.789. The topological polar surface area (TPSA) is 95.3 Å². The molecule has 154 valence electrons. The number of nitrogens with zero attached hydrogens (tertiary/aromatic N) is 3. The summed E-state index contributed by atoms with van der Waals surface area (Å²) in [5, 5.41) is 13.4. The van der Waals surface area contributed by atoms with Gasteiger partial charge < -0.3 is 24.2 Å². The van der Waals surface area contributed by atoms with Crippen molar-refractivity contribution in [2.75, 3.05) is 26.9 Å². The number of aliphatic hydroxyl groups excluding tert-OH is 1. The van der Waals surface area contributed by atoms with Crippen molar-refractivity contribution in [3.05, 3.63) is 53.1 Å². The molecule has 1 aromatic heterocycles. The van der Waals surface area contributed by atoms with Crippen molar-refractivity contribution in [1.82, 2.24) is 9.97 Å². The van der Waals surface area contributed by atoms with E-state index in [4.69, 9.17) is 24.2 Å². The monoisotopic (exact) mass is 399 g/mol. The minimum atomic E-state index is -0.267. The van der Waals surface area contributed by atoms with E-state index in [0.29, 0.717) is 31.9 Å². The Morgan fingerprint density at radius 1 is 1.14 bits per heavy atom. The van der Waals surface area contributed by atoms with E-state index in [1.807, 2.05) is 37.3 Å². The van der Waals surface area contributed by atoms with Crippen LogP contribution in [0.25, 0.3) is 0 Å². The van der Waals surface area contributed by atoms with Crippen molar-refractivity contribution in [2.45, 2.75) is 38.1 Å². The molecule has 0 bridgehead atoms. The molecule has 8 nitrogen and oxygen atoms in total. The van der Waals surface area contributed by atoms with Crippen LogP contribution in [0.1, 0.15) is 29.2 Å². The summed E-state index contributed by atoms with van der Waals surface area (Å²) in [5.41, 5.74) is 3.57. The molecule has 1 aromatic carbocycles. The second-order valence-electron chi connectivity index (χ2n) is 7.22. The Labute approximate surface area is 169 Å². The van der Waals surface area contributed by atoms with Gasteiger partial charge in [-0.15, -0.1) is 0 Å². The van der Waals surface area contributed by atoms with E-state index in [9.17, 15) is 0 Å². The average molecular weight is 399 g/mol. The number of aryl methyl sites for hydroxylation is 1. The Kier molecular flexibility index (Phi) is 6.03. The fourth-order valence-electron chi connectivity index (χ4n) is 3.48. The number of hydrogen-bond acceptors (Lipinski definition) is 8. The number of aliphatic hydroxyl groups is 1. The van der Waals surface area contributed by atoms with Crippen molar-refractivity contribution in [3.63, 3.8) is 0 Å². The minimum absolute atomic E-state index is 0.0454. The molecule has 2 aliphatic rings. The van der Waals surface area contributed by atoms with Crippen molar-refractivity contribution < 1.29 is 24.2 Å². The molecule has 2 aromatic rings. The fourth-order valence-corrected chi connectivity index (χ4v) is 3.48. The zero-order valence-corrected chi connectivity index (χ0v) is 16.6. The van der Waals surface area contributed by atoms with Crippen LogP contribution in [0.5, 0.6) is 5.75 Å². The van der Waals surface area contributed by atoms with Gasteiger partial charge in [0.15, 0.2) is 6.10 Å². The van der Waals surface area contributed by atoms with E-state index in [2.05, 4.69) is 15.1 Å². The van der Waals surface area contributed by atoms with Crippen molar-refractivity contribution >= 4 is 5.71 Å². The van der Waals surface area contributed by atoms with Gasteiger partial charge in [-0.25, -0.2) is 9.97 Å². The number of methoxy groups -OCH3 is 1. The number of hydrogen-bond donors (Lipinski definition) is 1. The molecule has 1 fully saturated rings. The lowest BCUT2D eigenvalue weighted by atomic mass is 10.0. The molecule has 1 saturated heterocycles. The van der Waals surface area contributed by atoms with E-state index in [0.717, 1.165) is 28.4 Å². The molecule has 3 heterocycles. The van der Waals surface area contributed by atoms with Gasteiger partial charge in [-0.1, -0.05) is 17.3 Å². The number of oxime groups is 1. The largest absolute Gasteiger partial charge is 0.497 e. The first-order chi connectivity index (χ1) is 14.1. The predicted octanol–water partition coefficient (Wildman–Crippen LogP) is 1.65. The molecule has 29 heavy (non-hydrogen) atoms. The Morgan fingerprint density at radius 2 is 2.03 bits per heavy atom. The summed E-state index contributed by atoms with van der Waals surface area (Å²) in [7, 11) is 1.66. The number of ether oxygens (including phenoxy) is 3. The molecule has 3 atom stereocenters. The number of aromatic nitrogens is 2. The summed E-state index contributed by atoms with van der Waals surface area (Å²) in [6, 6.07) is 9.90. The molecule has 0 radical (unpaired) electrons. The average Bonchev–Trinajstić information content (AvgIpc) is 3.24. The summed E-state index contributed by atoms with van der Waals surface area (Å²) in [6.07, 6.45) is 0.567. The Balaban J connectivity index is 1.44. The van der Waals surface area contributed by atoms with Gasteiger partial charge >= 0.3 is 0 Å². The Bertz CT molecular complexity index is 880. The fraction of sp³-hybridized carbons (Fsp3) is 0.476. The molecule has 0 aliphatic carbocycles. The summed E-state index contributed by atoms with van der Waals surface area (Å²) in [6.45, 7) is 2.56. The van der Waals surface area contributed by atoms with Gasteiger partial charge in [-0.05, 0) is 30.7 Å². The van der Waals surface area contributed by atoms with Crippen LogP contribution in [-0.2, 0) is 20.7 Å². The SMILES string of the molecule is COc1cccc(Cc2cc(C3=NOC(C4COC(CO)CO4)C3)nc(C)n2)c1. The van der Waals surface area contributed by atoms with Gasteiger partial charge in [0.25, 0.3) is 0 Å². The third kappa shape index (κ3) is 4.72. The van der Waals surface area contributed by atoms with Crippen molar-refractivity contribution in [1.29, 1.82) is 0 Å².